The molecule has 22 heavy (non-hydrogen) atoms. The van der Waals surface area contributed by atoms with E-state index in [0.29, 0.717) is 11.5 Å². The van der Waals surface area contributed by atoms with Gasteiger partial charge in [-0.25, -0.2) is 4.79 Å². The Labute approximate surface area is 146 Å². The zero-order chi connectivity index (χ0) is 16.3. The summed E-state index contributed by atoms with van der Waals surface area (Å²) in [5.74, 6) is 0.762. The van der Waals surface area contributed by atoms with Crippen LogP contribution in [0.1, 0.15) is 16.7 Å². The normalized spacial score (nSPS) is 10.4. The van der Waals surface area contributed by atoms with E-state index in [0.717, 1.165) is 25.6 Å². The lowest BCUT2D eigenvalue weighted by Gasteiger charge is -2.12. The Hall–Kier alpha value is -1.33. The first-order valence-corrected chi connectivity index (χ1v) is 8.32. The zero-order valence-electron chi connectivity index (χ0n) is 12.6. The highest BCUT2D eigenvalue weighted by Gasteiger charge is 2.12. The van der Waals surface area contributed by atoms with Gasteiger partial charge in [-0.2, -0.15) is 0 Å². The molecule has 2 aromatic rings. The third-order valence-electron chi connectivity index (χ3n) is 3.07. The molecule has 3 nitrogen and oxygen atoms in total. The van der Waals surface area contributed by atoms with Crippen molar-refractivity contribution in [2.75, 3.05) is 6.61 Å². The number of carbonyl (C=O) groups is 1. The van der Waals surface area contributed by atoms with Crippen LogP contribution in [0.4, 0.5) is 0 Å². The highest BCUT2D eigenvalue weighted by Crippen LogP contribution is 2.28. The maximum atomic E-state index is 11.9. The van der Waals surface area contributed by atoms with Gasteiger partial charge in [0.05, 0.1) is 4.47 Å². The standard InChI is InChI=1S/C17H16Br2O3/c1-10-4-5-15(14(19)6-10)22-16(20)9-21-17-11(2)7-13(18)8-12(17)3/h4-8H,9H2,1-3H3. The van der Waals surface area contributed by atoms with Crippen LogP contribution in [-0.2, 0) is 4.79 Å². The molecule has 0 fully saturated rings. The number of ether oxygens (including phenoxy) is 2. The van der Waals surface area contributed by atoms with Crippen LogP contribution in [0.25, 0.3) is 0 Å². The minimum Gasteiger partial charge on any atom is -0.481 e. The van der Waals surface area contributed by atoms with Crippen molar-refractivity contribution in [2.45, 2.75) is 20.8 Å². The molecule has 0 heterocycles. The van der Waals surface area contributed by atoms with E-state index in [2.05, 4.69) is 31.9 Å². The Morgan fingerprint density at radius 2 is 1.68 bits per heavy atom. The number of rotatable bonds is 4. The number of halogens is 2. The first-order chi connectivity index (χ1) is 10.4. The summed E-state index contributed by atoms with van der Waals surface area (Å²) in [4.78, 5) is 11.9. The molecule has 0 saturated carbocycles. The molecule has 2 aromatic carbocycles. The van der Waals surface area contributed by atoms with Crippen LogP contribution in [0.3, 0.4) is 0 Å². The molecule has 0 atom stereocenters. The van der Waals surface area contributed by atoms with Crippen LogP contribution < -0.4 is 9.47 Å². The number of hydrogen-bond donors (Lipinski definition) is 0. The quantitative estimate of drug-likeness (QED) is 0.501. The fraction of sp³-hybridized carbons (Fsp3) is 0.235. The van der Waals surface area contributed by atoms with E-state index in [9.17, 15) is 4.79 Å². The first kappa shape index (κ1) is 17.0. The second kappa shape index (κ2) is 7.29. The summed E-state index contributed by atoms with van der Waals surface area (Å²) in [6, 6.07) is 9.44. The van der Waals surface area contributed by atoms with Crippen LogP contribution in [-0.4, -0.2) is 12.6 Å². The van der Waals surface area contributed by atoms with E-state index in [1.54, 1.807) is 6.07 Å². The molecule has 5 heteroatoms. The molecule has 0 aromatic heterocycles. The third kappa shape index (κ3) is 4.34. The SMILES string of the molecule is Cc1ccc(OC(=O)COc2c(C)cc(Br)cc2C)c(Br)c1. The van der Waals surface area contributed by atoms with Gasteiger partial charge >= 0.3 is 5.97 Å². The Balaban J connectivity index is 2.02. The van der Waals surface area contributed by atoms with Gasteiger partial charge in [0.15, 0.2) is 6.61 Å². The first-order valence-electron chi connectivity index (χ1n) is 6.73. The highest BCUT2D eigenvalue weighted by molar-refractivity contribution is 9.10. The van der Waals surface area contributed by atoms with Crippen molar-refractivity contribution < 1.29 is 14.3 Å². The second-order valence-corrected chi connectivity index (χ2v) is 6.84. The van der Waals surface area contributed by atoms with Gasteiger partial charge in [-0.05, 0) is 77.7 Å². The molecule has 2 rings (SSSR count). The summed E-state index contributed by atoms with van der Waals surface area (Å²) >= 11 is 6.81. The minimum atomic E-state index is -0.439. The molecule has 0 saturated heterocycles. The van der Waals surface area contributed by atoms with Gasteiger partial charge in [-0.3, -0.25) is 0 Å². The summed E-state index contributed by atoms with van der Waals surface area (Å²) < 4.78 is 12.6. The van der Waals surface area contributed by atoms with Crippen molar-refractivity contribution >= 4 is 37.8 Å². The summed E-state index contributed by atoms with van der Waals surface area (Å²) in [6.45, 7) is 5.71. The van der Waals surface area contributed by atoms with Crippen LogP contribution in [0.5, 0.6) is 11.5 Å². The van der Waals surface area contributed by atoms with E-state index in [-0.39, 0.29) is 6.61 Å². The summed E-state index contributed by atoms with van der Waals surface area (Å²) in [5, 5.41) is 0. The van der Waals surface area contributed by atoms with Crippen LogP contribution >= 0.6 is 31.9 Å². The Kier molecular flexibility index (Phi) is 5.64. The summed E-state index contributed by atoms with van der Waals surface area (Å²) in [7, 11) is 0. The van der Waals surface area contributed by atoms with Gasteiger partial charge in [0.2, 0.25) is 0 Å². The highest BCUT2D eigenvalue weighted by atomic mass is 79.9. The van der Waals surface area contributed by atoms with Crippen molar-refractivity contribution in [2.24, 2.45) is 0 Å². The maximum Gasteiger partial charge on any atom is 0.349 e. The van der Waals surface area contributed by atoms with Crippen molar-refractivity contribution in [3.05, 3.63) is 56.0 Å². The maximum absolute atomic E-state index is 11.9. The van der Waals surface area contributed by atoms with Crippen LogP contribution in [0, 0.1) is 20.8 Å². The fourth-order valence-corrected chi connectivity index (χ4v) is 3.36. The number of aryl methyl sites for hydroxylation is 3. The predicted octanol–water partition coefficient (Wildman–Crippen LogP) is 5.12. The monoisotopic (exact) mass is 426 g/mol. The molecule has 0 spiro atoms. The molecule has 116 valence electrons. The van der Waals surface area contributed by atoms with Gasteiger partial charge in [0.1, 0.15) is 11.5 Å². The lowest BCUT2D eigenvalue weighted by molar-refractivity contribution is -0.136. The number of esters is 1. The van der Waals surface area contributed by atoms with Crippen LogP contribution in [0.15, 0.2) is 39.3 Å². The van der Waals surface area contributed by atoms with E-state index < -0.39 is 5.97 Å². The van der Waals surface area contributed by atoms with Crippen molar-refractivity contribution in [1.82, 2.24) is 0 Å². The smallest absolute Gasteiger partial charge is 0.349 e. The molecule has 0 aliphatic rings. The molecule has 0 bridgehead atoms. The average molecular weight is 428 g/mol. The molecule has 0 radical (unpaired) electrons. The summed E-state index contributed by atoms with van der Waals surface area (Å²) in [6.07, 6.45) is 0. The average Bonchev–Trinajstić information content (AvgIpc) is 2.40. The Bertz CT molecular complexity index is 688. The molecule has 0 aliphatic heterocycles. The van der Waals surface area contributed by atoms with Gasteiger partial charge < -0.3 is 9.47 Å². The lowest BCUT2D eigenvalue weighted by atomic mass is 10.1. The second-order valence-electron chi connectivity index (χ2n) is 5.07. The number of hydrogen-bond acceptors (Lipinski definition) is 3. The predicted molar refractivity (Wildman–Crippen MR) is 93.6 cm³/mol. The molecule has 0 N–H and O–H groups in total. The number of carbonyl (C=O) groups excluding carboxylic acids is 1. The van der Waals surface area contributed by atoms with Crippen molar-refractivity contribution in [1.29, 1.82) is 0 Å². The largest absolute Gasteiger partial charge is 0.481 e. The summed E-state index contributed by atoms with van der Waals surface area (Å²) in [5.41, 5.74) is 3.02. The van der Waals surface area contributed by atoms with E-state index in [1.165, 1.54) is 0 Å². The van der Waals surface area contributed by atoms with Gasteiger partial charge in [0, 0.05) is 4.47 Å². The Morgan fingerprint density at radius 3 is 2.27 bits per heavy atom. The van der Waals surface area contributed by atoms with Gasteiger partial charge in [-0.15, -0.1) is 0 Å². The van der Waals surface area contributed by atoms with E-state index in [4.69, 9.17) is 9.47 Å². The lowest BCUT2D eigenvalue weighted by Crippen LogP contribution is -2.18. The van der Waals surface area contributed by atoms with Gasteiger partial charge in [-0.1, -0.05) is 22.0 Å². The molecule has 0 amide bonds. The van der Waals surface area contributed by atoms with Crippen molar-refractivity contribution in [3.63, 3.8) is 0 Å². The third-order valence-corrected chi connectivity index (χ3v) is 4.15. The van der Waals surface area contributed by atoms with Gasteiger partial charge in [0.25, 0.3) is 0 Å². The zero-order valence-corrected chi connectivity index (χ0v) is 15.7. The van der Waals surface area contributed by atoms with E-state index in [1.807, 2.05) is 45.0 Å². The topological polar surface area (TPSA) is 35.5 Å². The molecule has 0 unspecified atom stereocenters. The molecular formula is C17H16Br2O3. The molecular weight excluding hydrogens is 412 g/mol. The fourth-order valence-electron chi connectivity index (χ4n) is 2.10. The molecule has 0 aliphatic carbocycles. The number of benzene rings is 2. The minimum absolute atomic E-state index is 0.135. The van der Waals surface area contributed by atoms with Crippen molar-refractivity contribution in [3.8, 4) is 11.5 Å². The van der Waals surface area contributed by atoms with E-state index >= 15 is 0 Å². The Morgan fingerprint density at radius 1 is 1.05 bits per heavy atom. The van der Waals surface area contributed by atoms with Crippen LogP contribution in [0.2, 0.25) is 0 Å².